The first-order chi connectivity index (χ1) is 15.1. The Morgan fingerprint density at radius 2 is 1.74 bits per heavy atom. The third kappa shape index (κ3) is 4.19. The van der Waals surface area contributed by atoms with E-state index in [0.29, 0.717) is 17.7 Å². The third-order valence-corrected chi connectivity index (χ3v) is 6.00. The molecule has 3 aromatic rings. The SMILES string of the molecule is O=C(OCc1ccccc1)N1CCCC1CC(C(=O)O)(c1ccccc1)c1ccoc1. The van der Waals surface area contributed by atoms with Crippen LogP contribution in [0.5, 0.6) is 0 Å². The smallest absolute Gasteiger partial charge is 0.410 e. The van der Waals surface area contributed by atoms with E-state index in [9.17, 15) is 14.7 Å². The van der Waals surface area contributed by atoms with Crippen LogP contribution in [0.4, 0.5) is 4.79 Å². The van der Waals surface area contributed by atoms with Crippen molar-refractivity contribution in [2.45, 2.75) is 37.3 Å². The summed E-state index contributed by atoms with van der Waals surface area (Å²) in [5.41, 5.74) is 0.819. The second-order valence-electron chi connectivity index (χ2n) is 7.82. The minimum Gasteiger partial charge on any atom is -0.480 e. The molecule has 0 radical (unpaired) electrons. The quantitative estimate of drug-likeness (QED) is 0.593. The maximum absolute atomic E-state index is 12.8. The number of carbonyl (C=O) groups is 2. The molecule has 1 N–H and O–H groups in total. The first kappa shape index (κ1) is 20.7. The molecule has 1 fully saturated rings. The molecule has 6 nitrogen and oxygen atoms in total. The lowest BCUT2D eigenvalue weighted by molar-refractivity contribution is -0.143. The van der Waals surface area contributed by atoms with Gasteiger partial charge in [0, 0.05) is 18.2 Å². The van der Waals surface area contributed by atoms with Crippen LogP contribution in [0.1, 0.15) is 36.0 Å². The van der Waals surface area contributed by atoms with Gasteiger partial charge in [-0.3, -0.25) is 4.79 Å². The van der Waals surface area contributed by atoms with Crippen molar-refractivity contribution in [2.75, 3.05) is 6.54 Å². The number of amides is 1. The topological polar surface area (TPSA) is 80.0 Å². The number of carboxylic acids is 1. The fraction of sp³-hybridized carbons (Fsp3) is 0.280. The monoisotopic (exact) mass is 419 g/mol. The molecule has 0 aliphatic carbocycles. The second kappa shape index (κ2) is 9.08. The molecule has 1 aromatic heterocycles. The van der Waals surface area contributed by atoms with Crippen LogP contribution in [0, 0.1) is 0 Å². The molecule has 2 atom stereocenters. The molecule has 1 amide bonds. The van der Waals surface area contributed by atoms with Crippen LogP contribution in [0.2, 0.25) is 0 Å². The predicted octanol–water partition coefficient (Wildman–Crippen LogP) is 4.84. The summed E-state index contributed by atoms with van der Waals surface area (Å²) in [5, 5.41) is 10.4. The van der Waals surface area contributed by atoms with Crippen LogP contribution in [-0.2, 0) is 21.6 Å². The number of ether oxygens (including phenoxy) is 1. The zero-order chi connectivity index (χ0) is 21.7. The molecule has 2 unspecified atom stereocenters. The first-order valence-electron chi connectivity index (χ1n) is 10.4. The van der Waals surface area contributed by atoms with Crippen molar-refractivity contribution < 1.29 is 23.8 Å². The Balaban J connectivity index is 1.59. The van der Waals surface area contributed by atoms with Crippen molar-refractivity contribution in [3.05, 3.63) is 95.9 Å². The van der Waals surface area contributed by atoms with Crippen LogP contribution < -0.4 is 0 Å². The van der Waals surface area contributed by atoms with E-state index in [0.717, 1.165) is 18.4 Å². The van der Waals surface area contributed by atoms with Crippen molar-refractivity contribution in [3.63, 3.8) is 0 Å². The van der Waals surface area contributed by atoms with Crippen LogP contribution in [0.3, 0.4) is 0 Å². The number of hydrogen-bond acceptors (Lipinski definition) is 4. The van der Waals surface area contributed by atoms with E-state index in [4.69, 9.17) is 9.15 Å². The summed E-state index contributed by atoms with van der Waals surface area (Å²) in [7, 11) is 0. The Bertz CT molecular complexity index is 1000. The van der Waals surface area contributed by atoms with Gasteiger partial charge in [-0.2, -0.15) is 0 Å². The molecule has 1 saturated heterocycles. The number of carboxylic acid groups (broad SMARTS) is 1. The third-order valence-electron chi connectivity index (χ3n) is 6.00. The number of benzene rings is 2. The fourth-order valence-electron chi connectivity index (χ4n) is 4.41. The maximum Gasteiger partial charge on any atom is 0.410 e. The number of rotatable bonds is 7. The molecule has 0 saturated carbocycles. The van der Waals surface area contributed by atoms with Gasteiger partial charge in [0.1, 0.15) is 12.0 Å². The molecule has 6 heteroatoms. The van der Waals surface area contributed by atoms with E-state index in [-0.39, 0.29) is 19.1 Å². The van der Waals surface area contributed by atoms with Gasteiger partial charge in [0.2, 0.25) is 0 Å². The summed E-state index contributed by atoms with van der Waals surface area (Å²) >= 11 is 0. The van der Waals surface area contributed by atoms with Gasteiger partial charge in [0.25, 0.3) is 0 Å². The average Bonchev–Trinajstić information content (AvgIpc) is 3.49. The first-order valence-corrected chi connectivity index (χ1v) is 10.4. The number of hydrogen-bond donors (Lipinski definition) is 1. The highest BCUT2D eigenvalue weighted by molar-refractivity contribution is 5.86. The number of carbonyl (C=O) groups excluding carboxylic acids is 1. The standard InChI is InChI=1S/C25H25NO5/c27-23(28)25(21-13-15-30-18-21,20-10-5-2-6-11-20)16-22-12-7-14-26(22)24(29)31-17-19-8-3-1-4-9-19/h1-6,8-11,13,15,18,22H,7,12,14,16-17H2,(H,27,28). The minimum absolute atomic E-state index is 0.188. The van der Waals surface area contributed by atoms with Crippen LogP contribution in [0.25, 0.3) is 0 Å². The molecule has 31 heavy (non-hydrogen) atoms. The number of nitrogens with zero attached hydrogens (tertiary/aromatic N) is 1. The maximum atomic E-state index is 12.8. The highest BCUT2D eigenvalue weighted by atomic mass is 16.6. The summed E-state index contributed by atoms with van der Waals surface area (Å²) in [6.07, 6.45) is 4.32. The van der Waals surface area contributed by atoms with Crippen molar-refractivity contribution >= 4 is 12.1 Å². The minimum atomic E-state index is -1.32. The van der Waals surface area contributed by atoms with Gasteiger partial charge in [-0.05, 0) is 36.5 Å². The summed E-state index contributed by atoms with van der Waals surface area (Å²) in [5.74, 6) is -0.968. The van der Waals surface area contributed by atoms with E-state index in [1.165, 1.54) is 12.5 Å². The Labute approximate surface area is 181 Å². The highest BCUT2D eigenvalue weighted by Crippen LogP contribution is 2.40. The number of aliphatic carboxylic acids is 1. The molecule has 2 aromatic carbocycles. The Morgan fingerprint density at radius 3 is 2.39 bits per heavy atom. The molecular formula is C25H25NO5. The molecule has 0 spiro atoms. The van der Waals surface area contributed by atoms with E-state index in [1.807, 2.05) is 60.7 Å². The zero-order valence-electron chi connectivity index (χ0n) is 17.1. The van der Waals surface area contributed by atoms with E-state index < -0.39 is 17.5 Å². The van der Waals surface area contributed by atoms with Gasteiger partial charge in [-0.1, -0.05) is 60.7 Å². The Hall–Kier alpha value is -3.54. The van der Waals surface area contributed by atoms with Crippen molar-refractivity contribution in [1.29, 1.82) is 0 Å². The molecule has 160 valence electrons. The summed E-state index contributed by atoms with van der Waals surface area (Å²) in [4.78, 5) is 27.2. The highest BCUT2D eigenvalue weighted by Gasteiger charge is 2.47. The lowest BCUT2D eigenvalue weighted by Gasteiger charge is -2.34. The summed E-state index contributed by atoms with van der Waals surface area (Å²) in [6.45, 7) is 0.738. The zero-order valence-corrected chi connectivity index (χ0v) is 17.1. The molecule has 1 aliphatic heterocycles. The van der Waals surface area contributed by atoms with Gasteiger partial charge >= 0.3 is 12.1 Å². The van der Waals surface area contributed by atoms with Crippen LogP contribution in [0.15, 0.2) is 83.7 Å². The largest absolute Gasteiger partial charge is 0.480 e. The lowest BCUT2D eigenvalue weighted by Crippen LogP contribution is -2.45. The molecule has 0 bridgehead atoms. The van der Waals surface area contributed by atoms with E-state index in [1.54, 1.807) is 11.0 Å². The number of likely N-dealkylation sites (tertiary alicyclic amines) is 1. The molecule has 4 rings (SSSR count). The van der Waals surface area contributed by atoms with Gasteiger partial charge in [-0.25, -0.2) is 4.79 Å². The fourth-order valence-corrected chi connectivity index (χ4v) is 4.41. The van der Waals surface area contributed by atoms with Crippen molar-refractivity contribution in [2.24, 2.45) is 0 Å². The van der Waals surface area contributed by atoms with Gasteiger partial charge in [0.15, 0.2) is 0 Å². The van der Waals surface area contributed by atoms with Crippen molar-refractivity contribution in [3.8, 4) is 0 Å². The average molecular weight is 419 g/mol. The molecular weight excluding hydrogens is 394 g/mol. The van der Waals surface area contributed by atoms with Gasteiger partial charge in [0.05, 0.1) is 12.5 Å². The summed E-state index contributed by atoms with van der Waals surface area (Å²) < 4.78 is 10.8. The van der Waals surface area contributed by atoms with Crippen molar-refractivity contribution in [1.82, 2.24) is 4.90 Å². The molecule has 2 heterocycles. The van der Waals surface area contributed by atoms with Crippen LogP contribution in [-0.4, -0.2) is 34.7 Å². The molecule has 1 aliphatic rings. The van der Waals surface area contributed by atoms with Gasteiger partial charge < -0.3 is 19.2 Å². The Kier molecular flexibility index (Phi) is 6.07. The van der Waals surface area contributed by atoms with E-state index >= 15 is 0 Å². The lowest BCUT2D eigenvalue weighted by atomic mass is 9.71. The second-order valence-corrected chi connectivity index (χ2v) is 7.82. The van der Waals surface area contributed by atoms with Crippen LogP contribution >= 0.6 is 0 Å². The Morgan fingerprint density at radius 1 is 1.03 bits per heavy atom. The van der Waals surface area contributed by atoms with Gasteiger partial charge in [-0.15, -0.1) is 0 Å². The normalized spacial score (nSPS) is 17.8. The summed E-state index contributed by atoms with van der Waals surface area (Å²) in [6, 6.07) is 20.1. The predicted molar refractivity (Wildman–Crippen MR) is 115 cm³/mol. The van der Waals surface area contributed by atoms with E-state index in [2.05, 4.69) is 0 Å². The number of furan rings is 1.